The second-order valence-electron chi connectivity index (χ2n) is 6.59. The zero-order valence-electron chi connectivity index (χ0n) is 12.3. The van der Waals surface area contributed by atoms with Gasteiger partial charge in [-0.1, -0.05) is 12.8 Å². The number of hydrogen-bond donors (Lipinski definition) is 1. The summed E-state index contributed by atoms with van der Waals surface area (Å²) in [6.45, 7) is 2.51. The highest BCUT2D eigenvalue weighted by Crippen LogP contribution is 2.46. The molecule has 3 nitrogen and oxygen atoms in total. The van der Waals surface area contributed by atoms with Crippen molar-refractivity contribution in [1.29, 1.82) is 0 Å². The van der Waals surface area contributed by atoms with Gasteiger partial charge in [0.2, 0.25) is 0 Å². The molecule has 1 N–H and O–H groups in total. The van der Waals surface area contributed by atoms with Gasteiger partial charge in [-0.15, -0.1) is 0 Å². The quantitative estimate of drug-likeness (QED) is 0.923. The molecule has 0 aromatic heterocycles. The molecule has 1 aliphatic heterocycles. The van der Waals surface area contributed by atoms with Gasteiger partial charge < -0.3 is 5.11 Å². The number of likely N-dealkylation sites (tertiary alicyclic amines) is 1. The molecule has 1 aromatic rings. The van der Waals surface area contributed by atoms with E-state index >= 15 is 0 Å². The fraction of sp³-hybridized carbons (Fsp3) is 0.588. The average Bonchev–Trinajstić information content (AvgIpc) is 2.92. The lowest BCUT2D eigenvalue weighted by Gasteiger charge is -2.39. The maximum absolute atomic E-state index is 13.9. The fourth-order valence-corrected chi connectivity index (χ4v) is 3.88. The van der Waals surface area contributed by atoms with E-state index in [9.17, 15) is 9.18 Å². The third kappa shape index (κ3) is 3.10. The zero-order chi connectivity index (χ0) is 14.9. The Morgan fingerprint density at radius 1 is 1.19 bits per heavy atom. The SMILES string of the molecule is O=C(O)c1ccc(F)c(CN2CCC3(CCCC3)CC2)c1. The number of nitrogens with zero attached hydrogens (tertiary/aromatic N) is 1. The average molecular weight is 291 g/mol. The van der Waals surface area contributed by atoms with Crippen LogP contribution in [0.1, 0.15) is 54.4 Å². The summed E-state index contributed by atoms with van der Waals surface area (Å²) in [6, 6.07) is 4.06. The number of benzene rings is 1. The monoisotopic (exact) mass is 291 g/mol. The van der Waals surface area contributed by atoms with Crippen molar-refractivity contribution >= 4 is 5.97 Å². The highest BCUT2D eigenvalue weighted by atomic mass is 19.1. The van der Waals surface area contributed by atoms with Crippen LogP contribution in [0.3, 0.4) is 0 Å². The molecule has 1 aliphatic carbocycles. The van der Waals surface area contributed by atoms with Gasteiger partial charge in [-0.2, -0.15) is 0 Å². The van der Waals surface area contributed by atoms with Crippen molar-refractivity contribution < 1.29 is 14.3 Å². The first kappa shape index (κ1) is 14.5. The highest BCUT2D eigenvalue weighted by Gasteiger charge is 2.36. The van der Waals surface area contributed by atoms with Gasteiger partial charge in [-0.05, 0) is 62.4 Å². The second-order valence-corrected chi connectivity index (χ2v) is 6.59. The minimum absolute atomic E-state index is 0.163. The van der Waals surface area contributed by atoms with Crippen LogP contribution in [0.15, 0.2) is 18.2 Å². The molecule has 1 heterocycles. The molecule has 3 rings (SSSR count). The highest BCUT2D eigenvalue weighted by molar-refractivity contribution is 5.87. The maximum atomic E-state index is 13.9. The normalized spacial score (nSPS) is 21.8. The molecule has 2 aliphatic rings. The number of carboxylic acids is 1. The maximum Gasteiger partial charge on any atom is 0.335 e. The fourth-order valence-electron chi connectivity index (χ4n) is 3.88. The lowest BCUT2D eigenvalue weighted by atomic mass is 9.77. The molecule has 2 fully saturated rings. The molecule has 0 radical (unpaired) electrons. The third-order valence-electron chi connectivity index (χ3n) is 5.27. The number of halogens is 1. The molecule has 0 amide bonds. The van der Waals surface area contributed by atoms with Crippen molar-refractivity contribution in [2.24, 2.45) is 5.41 Å². The Morgan fingerprint density at radius 3 is 2.48 bits per heavy atom. The van der Waals surface area contributed by atoms with E-state index in [-0.39, 0.29) is 11.4 Å². The van der Waals surface area contributed by atoms with Crippen molar-refractivity contribution in [1.82, 2.24) is 4.90 Å². The van der Waals surface area contributed by atoms with Gasteiger partial charge in [-0.3, -0.25) is 4.90 Å². The van der Waals surface area contributed by atoms with E-state index in [2.05, 4.69) is 4.90 Å². The van der Waals surface area contributed by atoms with Crippen molar-refractivity contribution in [3.05, 3.63) is 35.1 Å². The topological polar surface area (TPSA) is 40.5 Å². The van der Waals surface area contributed by atoms with Crippen LogP contribution in [0.25, 0.3) is 0 Å². The molecule has 114 valence electrons. The van der Waals surface area contributed by atoms with E-state index in [1.54, 1.807) is 0 Å². The van der Waals surface area contributed by atoms with Crippen LogP contribution in [-0.2, 0) is 6.54 Å². The predicted molar refractivity (Wildman–Crippen MR) is 78.8 cm³/mol. The summed E-state index contributed by atoms with van der Waals surface area (Å²) in [5.41, 5.74) is 1.21. The van der Waals surface area contributed by atoms with E-state index < -0.39 is 5.97 Å². The molecule has 1 saturated heterocycles. The number of carboxylic acid groups (broad SMARTS) is 1. The predicted octanol–water partition coefficient (Wildman–Crippen LogP) is 3.68. The molecular formula is C17H22FNO2. The van der Waals surface area contributed by atoms with Crippen LogP contribution in [0.4, 0.5) is 4.39 Å². The second kappa shape index (κ2) is 5.76. The molecule has 0 bridgehead atoms. The van der Waals surface area contributed by atoms with Gasteiger partial charge in [0.05, 0.1) is 5.56 Å². The lowest BCUT2D eigenvalue weighted by molar-refractivity contribution is 0.0696. The first-order valence-electron chi connectivity index (χ1n) is 7.82. The summed E-state index contributed by atoms with van der Waals surface area (Å²) in [6.07, 6.45) is 7.82. The summed E-state index contributed by atoms with van der Waals surface area (Å²) in [5, 5.41) is 9.01. The van der Waals surface area contributed by atoms with Crippen LogP contribution in [0, 0.1) is 11.2 Å². The van der Waals surface area contributed by atoms with Gasteiger partial charge >= 0.3 is 5.97 Å². The zero-order valence-corrected chi connectivity index (χ0v) is 12.3. The largest absolute Gasteiger partial charge is 0.478 e. The Hall–Kier alpha value is -1.42. The first-order chi connectivity index (χ1) is 10.1. The Kier molecular flexibility index (Phi) is 3.98. The van der Waals surface area contributed by atoms with Crippen molar-refractivity contribution in [2.75, 3.05) is 13.1 Å². The summed E-state index contributed by atoms with van der Waals surface area (Å²) >= 11 is 0. The molecule has 0 atom stereocenters. The molecule has 0 unspecified atom stereocenters. The summed E-state index contributed by atoms with van der Waals surface area (Å²) in [4.78, 5) is 13.2. The lowest BCUT2D eigenvalue weighted by Crippen LogP contribution is -2.38. The van der Waals surface area contributed by atoms with E-state index in [0.29, 0.717) is 17.5 Å². The minimum Gasteiger partial charge on any atom is -0.478 e. The van der Waals surface area contributed by atoms with Gasteiger partial charge in [0, 0.05) is 12.1 Å². The van der Waals surface area contributed by atoms with Gasteiger partial charge in [-0.25, -0.2) is 9.18 Å². The number of rotatable bonds is 3. The standard InChI is InChI=1S/C17H22FNO2/c18-15-4-3-13(16(20)21)11-14(15)12-19-9-7-17(8-10-19)5-1-2-6-17/h3-4,11H,1-2,5-10,12H2,(H,20,21). The number of hydrogen-bond acceptors (Lipinski definition) is 2. The first-order valence-corrected chi connectivity index (χ1v) is 7.82. The Morgan fingerprint density at radius 2 is 1.86 bits per heavy atom. The Bertz CT molecular complexity index is 528. The summed E-state index contributed by atoms with van der Waals surface area (Å²) < 4.78 is 13.9. The van der Waals surface area contributed by atoms with Crippen LogP contribution < -0.4 is 0 Å². The van der Waals surface area contributed by atoms with E-state index in [1.807, 2.05) is 0 Å². The van der Waals surface area contributed by atoms with E-state index in [0.717, 1.165) is 13.1 Å². The molecule has 21 heavy (non-hydrogen) atoms. The molecule has 4 heteroatoms. The van der Waals surface area contributed by atoms with Crippen molar-refractivity contribution in [2.45, 2.75) is 45.1 Å². The molecule has 1 saturated carbocycles. The summed E-state index contributed by atoms with van der Waals surface area (Å²) in [5.74, 6) is -1.30. The van der Waals surface area contributed by atoms with Crippen LogP contribution in [-0.4, -0.2) is 29.1 Å². The smallest absolute Gasteiger partial charge is 0.335 e. The van der Waals surface area contributed by atoms with Crippen LogP contribution in [0.5, 0.6) is 0 Å². The van der Waals surface area contributed by atoms with E-state index in [4.69, 9.17) is 5.11 Å². The van der Waals surface area contributed by atoms with E-state index in [1.165, 1.54) is 56.7 Å². The third-order valence-corrected chi connectivity index (χ3v) is 5.27. The molecule has 1 aromatic carbocycles. The molecular weight excluding hydrogens is 269 g/mol. The van der Waals surface area contributed by atoms with Gasteiger partial charge in [0.15, 0.2) is 0 Å². The molecule has 1 spiro atoms. The van der Waals surface area contributed by atoms with Gasteiger partial charge in [0.1, 0.15) is 5.82 Å². The Balaban J connectivity index is 1.65. The number of aromatic carboxylic acids is 1. The number of carbonyl (C=O) groups is 1. The van der Waals surface area contributed by atoms with Gasteiger partial charge in [0.25, 0.3) is 0 Å². The van der Waals surface area contributed by atoms with Crippen molar-refractivity contribution in [3.63, 3.8) is 0 Å². The van der Waals surface area contributed by atoms with Crippen LogP contribution in [0.2, 0.25) is 0 Å². The number of piperidine rings is 1. The summed E-state index contributed by atoms with van der Waals surface area (Å²) in [7, 11) is 0. The Labute approximate surface area is 124 Å². The minimum atomic E-state index is -1.00. The van der Waals surface area contributed by atoms with Crippen LogP contribution >= 0.6 is 0 Å². The van der Waals surface area contributed by atoms with Crippen molar-refractivity contribution in [3.8, 4) is 0 Å².